The Balaban J connectivity index is 1.42. The van der Waals surface area contributed by atoms with Gasteiger partial charge in [0, 0.05) is 30.1 Å². The first-order chi connectivity index (χ1) is 22.5. The molecule has 0 bridgehead atoms. The van der Waals surface area contributed by atoms with Gasteiger partial charge in [-0.1, -0.05) is 24.6 Å². The lowest BCUT2D eigenvalue weighted by Gasteiger charge is -2.37. The number of likely N-dealkylation sites (tertiary alicyclic amines) is 1. The second-order valence-corrected chi connectivity index (χ2v) is 11.9. The zero-order valence-corrected chi connectivity index (χ0v) is 26.8. The van der Waals surface area contributed by atoms with Crippen molar-refractivity contribution in [2.24, 2.45) is 0 Å². The Kier molecular flexibility index (Phi) is 8.96. The molecule has 246 valence electrons. The van der Waals surface area contributed by atoms with Gasteiger partial charge in [0.2, 0.25) is 5.95 Å². The molecule has 0 saturated carbocycles. The number of fused-ring (bicyclic) bond motifs is 1. The number of amides is 2. The van der Waals surface area contributed by atoms with E-state index in [-0.39, 0.29) is 24.2 Å². The summed E-state index contributed by atoms with van der Waals surface area (Å²) >= 11 is 0. The van der Waals surface area contributed by atoms with Crippen LogP contribution in [0.3, 0.4) is 0 Å². The van der Waals surface area contributed by atoms with Crippen LogP contribution >= 0.6 is 0 Å². The summed E-state index contributed by atoms with van der Waals surface area (Å²) in [7, 11) is 3.04. The monoisotopic (exact) mass is 646 g/mol. The Labute approximate surface area is 271 Å². The minimum Gasteiger partial charge on any atom is -0.497 e. The summed E-state index contributed by atoms with van der Waals surface area (Å²) in [5.41, 5.74) is 3.68. The minimum absolute atomic E-state index is 0.0535. The van der Waals surface area contributed by atoms with Gasteiger partial charge in [-0.15, -0.1) is 0 Å². The minimum atomic E-state index is -4.53. The van der Waals surface area contributed by atoms with Crippen LogP contribution in [0.1, 0.15) is 47.1 Å². The molecule has 3 aromatic carbocycles. The molecule has 0 unspecified atom stereocenters. The summed E-state index contributed by atoms with van der Waals surface area (Å²) in [5, 5.41) is 3.00. The molecule has 2 amide bonds. The van der Waals surface area contributed by atoms with Crippen molar-refractivity contribution in [3.05, 3.63) is 88.6 Å². The van der Waals surface area contributed by atoms with E-state index in [1.807, 2.05) is 32.0 Å². The highest BCUT2D eigenvalue weighted by atomic mass is 19.4. The number of rotatable bonds is 8. The predicted octanol–water partition coefficient (Wildman–Crippen LogP) is 8.14. The molecule has 9 nitrogen and oxygen atoms in total. The van der Waals surface area contributed by atoms with Gasteiger partial charge in [0.25, 0.3) is 0 Å². The van der Waals surface area contributed by atoms with E-state index in [0.717, 1.165) is 55.2 Å². The maximum atomic E-state index is 14.4. The highest BCUT2D eigenvalue weighted by Gasteiger charge is 2.37. The maximum absolute atomic E-state index is 14.4. The Bertz CT molecular complexity index is 1770. The summed E-state index contributed by atoms with van der Waals surface area (Å²) in [6.07, 6.45) is 0.259. The van der Waals surface area contributed by atoms with Crippen LogP contribution in [0.4, 0.5) is 46.8 Å². The van der Waals surface area contributed by atoms with Gasteiger partial charge >= 0.3 is 12.2 Å². The Morgan fingerprint density at radius 3 is 2.36 bits per heavy atom. The molecule has 6 rings (SSSR count). The van der Waals surface area contributed by atoms with E-state index in [1.165, 1.54) is 25.2 Å². The number of aryl methyl sites for hydroxylation is 2. The maximum Gasteiger partial charge on any atom is 0.416 e. The molecule has 2 aliphatic heterocycles. The third-order valence-corrected chi connectivity index (χ3v) is 8.57. The lowest BCUT2D eigenvalue weighted by atomic mass is 10.1. The third-order valence-electron chi connectivity index (χ3n) is 8.57. The van der Waals surface area contributed by atoms with Gasteiger partial charge in [0.15, 0.2) is 5.82 Å². The smallest absolute Gasteiger partial charge is 0.416 e. The SMILES string of the molecule is COc1ccc(N2C(=O)N(c3c(C)cccc3C)Cc3cnc(Nc4cc(CN5CCCCC5)cc(C(F)(F)F)c4)nc32)c(OC)c1. The third kappa shape index (κ3) is 6.69. The van der Waals surface area contributed by atoms with E-state index in [9.17, 15) is 18.0 Å². The molecule has 2 aliphatic rings. The lowest BCUT2D eigenvalue weighted by molar-refractivity contribution is -0.137. The second-order valence-electron chi connectivity index (χ2n) is 11.9. The van der Waals surface area contributed by atoms with E-state index in [4.69, 9.17) is 14.5 Å². The summed E-state index contributed by atoms with van der Waals surface area (Å²) < 4.78 is 53.0. The number of anilines is 5. The van der Waals surface area contributed by atoms with Crippen molar-refractivity contribution in [3.8, 4) is 11.5 Å². The number of piperidine rings is 1. The van der Waals surface area contributed by atoms with Crippen molar-refractivity contribution in [2.75, 3.05) is 42.4 Å². The normalized spacial score (nSPS) is 15.4. The topological polar surface area (TPSA) is 83.1 Å². The zero-order valence-electron chi connectivity index (χ0n) is 26.8. The average Bonchev–Trinajstić information content (AvgIpc) is 3.05. The molecule has 0 radical (unpaired) electrons. The molecule has 1 N–H and O–H groups in total. The highest BCUT2D eigenvalue weighted by Crippen LogP contribution is 2.43. The largest absolute Gasteiger partial charge is 0.497 e. The molecule has 1 saturated heterocycles. The molecule has 12 heteroatoms. The number of halogens is 3. The Morgan fingerprint density at radius 2 is 1.68 bits per heavy atom. The van der Waals surface area contributed by atoms with Crippen molar-refractivity contribution >= 4 is 34.9 Å². The van der Waals surface area contributed by atoms with Crippen LogP contribution in [-0.2, 0) is 19.3 Å². The quantitative estimate of drug-likeness (QED) is 0.207. The van der Waals surface area contributed by atoms with E-state index >= 15 is 0 Å². The van der Waals surface area contributed by atoms with Gasteiger partial charge in [-0.3, -0.25) is 9.80 Å². The van der Waals surface area contributed by atoms with Crippen molar-refractivity contribution in [3.63, 3.8) is 0 Å². The molecular formula is C35H37F3N6O3. The Hall–Kier alpha value is -4.84. The molecule has 0 atom stereocenters. The fourth-order valence-electron chi connectivity index (χ4n) is 6.33. The van der Waals surface area contributed by atoms with E-state index in [1.54, 1.807) is 35.4 Å². The number of carbonyl (C=O) groups excluding carboxylic acids is 1. The van der Waals surface area contributed by atoms with Crippen LogP contribution in [0.5, 0.6) is 11.5 Å². The molecule has 0 aliphatic carbocycles. The molecular weight excluding hydrogens is 609 g/mol. The van der Waals surface area contributed by atoms with Crippen LogP contribution < -0.4 is 24.6 Å². The van der Waals surface area contributed by atoms with Gasteiger partial charge in [-0.2, -0.15) is 18.2 Å². The van der Waals surface area contributed by atoms with Crippen LogP contribution in [0, 0.1) is 13.8 Å². The van der Waals surface area contributed by atoms with Gasteiger partial charge in [-0.05, 0) is 86.8 Å². The van der Waals surface area contributed by atoms with Crippen LogP contribution in [0.25, 0.3) is 0 Å². The lowest BCUT2D eigenvalue weighted by Crippen LogP contribution is -2.46. The van der Waals surface area contributed by atoms with E-state index < -0.39 is 11.7 Å². The Morgan fingerprint density at radius 1 is 0.936 bits per heavy atom. The van der Waals surface area contributed by atoms with E-state index in [0.29, 0.717) is 40.7 Å². The number of nitrogens with zero attached hydrogens (tertiary/aromatic N) is 5. The summed E-state index contributed by atoms with van der Waals surface area (Å²) in [6, 6.07) is 14.5. The van der Waals surface area contributed by atoms with Crippen LogP contribution in [0.15, 0.2) is 60.8 Å². The number of methoxy groups -OCH3 is 2. The first kappa shape index (κ1) is 32.1. The number of hydrogen-bond acceptors (Lipinski definition) is 7. The summed E-state index contributed by atoms with van der Waals surface area (Å²) in [4.78, 5) is 28.9. The molecule has 47 heavy (non-hydrogen) atoms. The fraction of sp³-hybridized carbons (Fsp3) is 0.343. The molecule has 1 aromatic heterocycles. The number of urea groups is 1. The molecule has 4 aromatic rings. The van der Waals surface area contributed by atoms with Crippen molar-refractivity contribution in [2.45, 2.75) is 52.4 Å². The predicted molar refractivity (Wildman–Crippen MR) is 175 cm³/mol. The van der Waals surface area contributed by atoms with Gasteiger partial charge in [0.05, 0.1) is 37.7 Å². The van der Waals surface area contributed by atoms with Crippen LogP contribution in [-0.4, -0.2) is 48.2 Å². The second kappa shape index (κ2) is 13.1. The van der Waals surface area contributed by atoms with Gasteiger partial charge in [-0.25, -0.2) is 14.7 Å². The standard InChI is InChI=1S/C35H37F3N6O3/c1-22-9-8-10-23(2)31(22)43-21-25-19-39-33(41-32(25)44(34(43)45)29-12-11-28(46-3)18-30(29)47-4)40-27-16-24(15-26(17-27)35(36,37)38)20-42-13-6-5-7-14-42/h8-12,15-19H,5-7,13-14,20-21H2,1-4H3,(H,39,40,41). The molecule has 3 heterocycles. The number of para-hydroxylation sites is 1. The first-order valence-electron chi connectivity index (χ1n) is 15.5. The summed E-state index contributed by atoms with van der Waals surface area (Å²) in [6.45, 7) is 6.20. The first-order valence-corrected chi connectivity index (χ1v) is 15.5. The number of carbonyl (C=O) groups is 1. The summed E-state index contributed by atoms with van der Waals surface area (Å²) in [5.74, 6) is 1.26. The van der Waals surface area contributed by atoms with Crippen molar-refractivity contribution in [1.82, 2.24) is 14.9 Å². The number of nitrogens with one attached hydrogen (secondary N) is 1. The van der Waals surface area contributed by atoms with Gasteiger partial charge in [0.1, 0.15) is 11.5 Å². The van der Waals surface area contributed by atoms with Crippen molar-refractivity contribution in [1.29, 1.82) is 0 Å². The number of ether oxygens (including phenoxy) is 2. The average molecular weight is 647 g/mol. The number of aromatic nitrogens is 2. The fourth-order valence-corrected chi connectivity index (χ4v) is 6.33. The molecule has 0 spiro atoms. The number of alkyl halides is 3. The van der Waals surface area contributed by atoms with E-state index in [2.05, 4.69) is 15.2 Å². The molecule has 1 fully saturated rings. The highest BCUT2D eigenvalue weighted by molar-refractivity contribution is 6.11. The van der Waals surface area contributed by atoms with Crippen LogP contribution in [0.2, 0.25) is 0 Å². The van der Waals surface area contributed by atoms with Crippen molar-refractivity contribution < 1.29 is 27.4 Å². The van der Waals surface area contributed by atoms with Gasteiger partial charge < -0.3 is 14.8 Å². The number of benzene rings is 3. The zero-order chi connectivity index (χ0) is 33.3. The number of hydrogen-bond donors (Lipinski definition) is 1.